The van der Waals surface area contributed by atoms with Gasteiger partial charge in [-0.2, -0.15) is 8.42 Å². The van der Waals surface area contributed by atoms with Crippen LogP contribution in [0, 0.1) is 10.1 Å². The highest BCUT2D eigenvalue weighted by molar-refractivity contribution is 8.14. The molecule has 0 saturated carbocycles. The molecule has 1 aromatic carbocycles. The van der Waals surface area contributed by atoms with E-state index in [2.05, 4.69) is 9.71 Å². The average Bonchev–Trinajstić information content (AvgIpc) is 2.27. The van der Waals surface area contributed by atoms with Gasteiger partial charge in [-0.3, -0.25) is 10.1 Å². The van der Waals surface area contributed by atoms with E-state index in [4.69, 9.17) is 0 Å². The monoisotopic (exact) mass is 273 g/mol. The number of sulfonamides is 1. The Kier molecular flexibility index (Phi) is 2.79. The van der Waals surface area contributed by atoms with Crippen LogP contribution < -0.4 is 5.32 Å². The van der Waals surface area contributed by atoms with Crippen molar-refractivity contribution in [2.24, 2.45) is 4.40 Å². The lowest BCUT2D eigenvalue weighted by atomic mass is 10.3. The maximum absolute atomic E-state index is 11.8. The first-order chi connectivity index (χ1) is 7.94. The van der Waals surface area contributed by atoms with Crippen molar-refractivity contribution in [1.82, 2.24) is 0 Å². The van der Waals surface area contributed by atoms with Crippen molar-refractivity contribution in [2.75, 3.05) is 11.6 Å². The fourth-order valence-corrected chi connectivity index (χ4v) is 3.16. The number of anilines is 1. The Morgan fingerprint density at radius 3 is 2.76 bits per heavy atom. The smallest absolute Gasteiger partial charge is 0.287 e. The fourth-order valence-electron chi connectivity index (χ4n) is 1.33. The Bertz CT molecular complexity index is 624. The third-order valence-electron chi connectivity index (χ3n) is 2.09. The SMILES string of the molecule is CSC1=NS(=O)(=O)c2cc([N+](=O)[O-])ccc2N1. The van der Waals surface area contributed by atoms with E-state index in [0.29, 0.717) is 5.69 Å². The maximum Gasteiger partial charge on any atom is 0.287 e. The van der Waals surface area contributed by atoms with Gasteiger partial charge in [-0.05, 0) is 12.3 Å². The zero-order valence-electron chi connectivity index (χ0n) is 8.58. The number of hydrogen-bond donors (Lipinski definition) is 1. The molecule has 7 nitrogen and oxygen atoms in total. The Balaban J connectivity index is 2.62. The molecule has 2 rings (SSSR count). The highest BCUT2D eigenvalue weighted by Crippen LogP contribution is 2.31. The third kappa shape index (κ3) is 2.11. The van der Waals surface area contributed by atoms with Gasteiger partial charge in [0, 0.05) is 12.1 Å². The normalized spacial score (nSPS) is 16.6. The summed E-state index contributed by atoms with van der Waals surface area (Å²) in [6, 6.07) is 3.60. The van der Waals surface area contributed by atoms with E-state index < -0.39 is 14.9 Å². The summed E-state index contributed by atoms with van der Waals surface area (Å²) in [6.45, 7) is 0. The molecule has 1 N–H and O–H groups in total. The second kappa shape index (κ2) is 4.00. The van der Waals surface area contributed by atoms with Crippen LogP contribution in [0.25, 0.3) is 0 Å². The fraction of sp³-hybridized carbons (Fsp3) is 0.125. The van der Waals surface area contributed by atoms with Crippen molar-refractivity contribution in [3.63, 3.8) is 0 Å². The summed E-state index contributed by atoms with van der Waals surface area (Å²) < 4.78 is 27.0. The number of amidine groups is 1. The molecule has 0 spiro atoms. The van der Waals surface area contributed by atoms with Crippen molar-refractivity contribution in [2.45, 2.75) is 4.90 Å². The van der Waals surface area contributed by atoms with Crippen LogP contribution in [0.15, 0.2) is 27.5 Å². The predicted molar refractivity (Wildman–Crippen MR) is 64.9 cm³/mol. The van der Waals surface area contributed by atoms with E-state index in [-0.39, 0.29) is 15.8 Å². The Labute approximate surface area is 101 Å². The van der Waals surface area contributed by atoms with Crippen molar-refractivity contribution in [3.05, 3.63) is 28.3 Å². The van der Waals surface area contributed by atoms with E-state index in [1.165, 1.54) is 12.1 Å². The van der Waals surface area contributed by atoms with Crippen LogP contribution >= 0.6 is 11.8 Å². The number of nitrogens with zero attached hydrogens (tertiary/aromatic N) is 2. The lowest BCUT2D eigenvalue weighted by Crippen LogP contribution is -2.18. The summed E-state index contributed by atoms with van der Waals surface area (Å²) >= 11 is 1.15. The van der Waals surface area contributed by atoms with Crippen molar-refractivity contribution in [1.29, 1.82) is 0 Å². The summed E-state index contributed by atoms with van der Waals surface area (Å²) in [4.78, 5) is 9.74. The van der Waals surface area contributed by atoms with Gasteiger partial charge in [0.25, 0.3) is 15.7 Å². The van der Waals surface area contributed by atoms with Gasteiger partial charge in [-0.1, -0.05) is 11.8 Å². The summed E-state index contributed by atoms with van der Waals surface area (Å²) in [5.74, 6) is 0. The van der Waals surface area contributed by atoms with Gasteiger partial charge in [0.05, 0.1) is 10.6 Å². The minimum absolute atomic E-state index is 0.176. The van der Waals surface area contributed by atoms with Gasteiger partial charge in [-0.15, -0.1) is 4.40 Å². The molecule has 0 aromatic heterocycles. The van der Waals surface area contributed by atoms with Gasteiger partial charge < -0.3 is 5.32 Å². The van der Waals surface area contributed by atoms with Gasteiger partial charge in [0.2, 0.25) is 0 Å². The zero-order valence-corrected chi connectivity index (χ0v) is 10.2. The number of nitrogens with one attached hydrogen (secondary N) is 1. The predicted octanol–water partition coefficient (Wildman–Crippen LogP) is 1.43. The molecule has 0 fully saturated rings. The molecule has 0 aliphatic carbocycles. The molecule has 9 heteroatoms. The highest BCUT2D eigenvalue weighted by Gasteiger charge is 2.26. The number of rotatable bonds is 1. The van der Waals surface area contributed by atoms with Crippen LogP contribution in [0.5, 0.6) is 0 Å². The topological polar surface area (TPSA) is 102 Å². The lowest BCUT2D eigenvalue weighted by Gasteiger charge is -2.16. The number of non-ortho nitro benzene ring substituents is 1. The van der Waals surface area contributed by atoms with E-state index in [1.54, 1.807) is 6.26 Å². The quantitative estimate of drug-likeness (QED) is 0.613. The van der Waals surface area contributed by atoms with Crippen LogP contribution in [0.4, 0.5) is 11.4 Å². The summed E-state index contributed by atoms with van der Waals surface area (Å²) in [6.07, 6.45) is 1.68. The van der Waals surface area contributed by atoms with Crippen LogP contribution in [0.3, 0.4) is 0 Å². The first-order valence-electron chi connectivity index (χ1n) is 4.38. The van der Waals surface area contributed by atoms with Crippen LogP contribution in [-0.2, 0) is 10.0 Å². The summed E-state index contributed by atoms with van der Waals surface area (Å²) in [5, 5.41) is 13.6. The second-order valence-corrected chi connectivity index (χ2v) is 5.51. The van der Waals surface area contributed by atoms with Crippen LogP contribution in [0.2, 0.25) is 0 Å². The molecule has 0 saturated heterocycles. The Hall–Kier alpha value is -1.61. The van der Waals surface area contributed by atoms with Crippen molar-refractivity contribution < 1.29 is 13.3 Å². The Morgan fingerprint density at radius 1 is 1.47 bits per heavy atom. The standard InChI is InChI=1S/C8H7N3O4S2/c1-16-8-9-6-3-2-5(11(12)13)4-7(6)17(14,15)10-8/h2-4H,1H3,(H,9,10). The van der Waals surface area contributed by atoms with Gasteiger partial charge >= 0.3 is 0 Å². The number of benzene rings is 1. The zero-order chi connectivity index (χ0) is 12.6. The first kappa shape index (κ1) is 11.9. The van der Waals surface area contributed by atoms with Crippen LogP contribution in [0.1, 0.15) is 0 Å². The van der Waals surface area contributed by atoms with E-state index in [1.807, 2.05) is 0 Å². The summed E-state index contributed by atoms with van der Waals surface area (Å²) in [5.41, 5.74) is 0.0203. The molecule has 0 amide bonds. The summed E-state index contributed by atoms with van der Waals surface area (Å²) in [7, 11) is -3.86. The van der Waals surface area contributed by atoms with Gasteiger partial charge in [-0.25, -0.2) is 0 Å². The molecule has 1 aliphatic heterocycles. The van der Waals surface area contributed by atoms with E-state index in [0.717, 1.165) is 17.8 Å². The second-order valence-electron chi connectivity index (χ2n) is 3.14. The largest absolute Gasteiger partial charge is 0.333 e. The first-order valence-corrected chi connectivity index (χ1v) is 7.05. The number of fused-ring (bicyclic) bond motifs is 1. The minimum atomic E-state index is -3.86. The molecule has 0 bridgehead atoms. The molecule has 0 unspecified atom stereocenters. The number of hydrogen-bond acceptors (Lipinski definition) is 6. The molecule has 1 aliphatic rings. The highest BCUT2D eigenvalue weighted by atomic mass is 32.2. The average molecular weight is 273 g/mol. The van der Waals surface area contributed by atoms with E-state index >= 15 is 0 Å². The molecule has 17 heavy (non-hydrogen) atoms. The number of nitro groups is 1. The Morgan fingerprint density at radius 2 is 2.18 bits per heavy atom. The molecular weight excluding hydrogens is 266 g/mol. The number of thioether (sulfide) groups is 1. The van der Waals surface area contributed by atoms with Gasteiger partial charge in [0.15, 0.2) is 5.17 Å². The molecule has 0 radical (unpaired) electrons. The molecule has 1 aromatic rings. The molecule has 90 valence electrons. The minimum Gasteiger partial charge on any atom is -0.333 e. The molecule has 1 heterocycles. The molecular formula is C8H7N3O4S2. The lowest BCUT2D eigenvalue weighted by molar-refractivity contribution is -0.385. The molecule has 0 atom stereocenters. The van der Waals surface area contributed by atoms with E-state index in [9.17, 15) is 18.5 Å². The van der Waals surface area contributed by atoms with Crippen molar-refractivity contribution >= 4 is 38.3 Å². The van der Waals surface area contributed by atoms with Gasteiger partial charge in [0.1, 0.15) is 4.90 Å². The third-order valence-corrected chi connectivity index (χ3v) is 4.10. The maximum atomic E-state index is 11.8. The van der Waals surface area contributed by atoms with Crippen LogP contribution in [-0.4, -0.2) is 24.8 Å². The van der Waals surface area contributed by atoms with Crippen molar-refractivity contribution in [3.8, 4) is 0 Å². The number of nitro benzene ring substituents is 1.